The number of carbonyl (C=O) groups is 2. The van der Waals surface area contributed by atoms with Crippen LogP contribution in [-0.2, 0) is 19.5 Å². The molecule has 3 aromatic carbocycles. The van der Waals surface area contributed by atoms with Gasteiger partial charge in [-0.25, -0.2) is 4.98 Å². The van der Waals surface area contributed by atoms with Crippen LogP contribution in [0.4, 0.5) is 5.69 Å². The number of nitrogens with zero attached hydrogens (tertiary/aromatic N) is 3. The molecule has 7 nitrogen and oxygen atoms in total. The van der Waals surface area contributed by atoms with Crippen LogP contribution in [0.25, 0.3) is 5.69 Å². The molecule has 0 aliphatic carbocycles. The molecule has 1 aromatic heterocycles. The highest BCUT2D eigenvalue weighted by Crippen LogP contribution is 2.22. The van der Waals surface area contributed by atoms with Gasteiger partial charge in [-0.1, -0.05) is 18.2 Å². The summed E-state index contributed by atoms with van der Waals surface area (Å²) >= 11 is 0. The van der Waals surface area contributed by atoms with Crippen molar-refractivity contribution in [3.63, 3.8) is 0 Å². The van der Waals surface area contributed by atoms with E-state index in [0.717, 1.165) is 36.4 Å². The zero-order valence-electron chi connectivity index (χ0n) is 19.6. The number of imidazole rings is 1. The molecule has 2 amide bonds. The van der Waals surface area contributed by atoms with Gasteiger partial charge in [0.2, 0.25) is 0 Å². The molecule has 0 bridgehead atoms. The molecule has 0 saturated heterocycles. The highest BCUT2D eigenvalue weighted by Gasteiger charge is 2.15. The van der Waals surface area contributed by atoms with Gasteiger partial charge in [0, 0.05) is 54.5 Å². The van der Waals surface area contributed by atoms with E-state index in [1.165, 1.54) is 11.1 Å². The molecular formula is C28H27N5O2. The molecule has 4 aromatic rings. The minimum Gasteiger partial charge on any atom is -0.348 e. The van der Waals surface area contributed by atoms with Crippen LogP contribution in [0.2, 0.25) is 0 Å². The third-order valence-electron chi connectivity index (χ3n) is 6.24. The minimum atomic E-state index is -0.170. The van der Waals surface area contributed by atoms with Gasteiger partial charge in [0.15, 0.2) is 0 Å². The van der Waals surface area contributed by atoms with Crippen LogP contribution in [0, 0.1) is 0 Å². The highest BCUT2D eigenvalue weighted by molar-refractivity contribution is 6.04. The van der Waals surface area contributed by atoms with Crippen molar-refractivity contribution < 1.29 is 9.59 Å². The quantitative estimate of drug-likeness (QED) is 0.450. The van der Waals surface area contributed by atoms with E-state index in [1.807, 2.05) is 47.2 Å². The Morgan fingerprint density at radius 2 is 1.80 bits per heavy atom. The summed E-state index contributed by atoms with van der Waals surface area (Å²) in [6.45, 7) is 2.27. The maximum Gasteiger partial charge on any atom is 0.255 e. The molecule has 35 heavy (non-hydrogen) atoms. The van der Waals surface area contributed by atoms with Crippen LogP contribution in [-0.4, -0.2) is 39.9 Å². The van der Waals surface area contributed by atoms with E-state index >= 15 is 0 Å². The van der Waals surface area contributed by atoms with Crippen molar-refractivity contribution in [1.82, 2.24) is 19.8 Å². The summed E-state index contributed by atoms with van der Waals surface area (Å²) in [6.07, 6.45) is 6.30. The Labute approximate surface area is 204 Å². The van der Waals surface area contributed by atoms with Crippen LogP contribution in [0.3, 0.4) is 0 Å². The van der Waals surface area contributed by atoms with E-state index in [2.05, 4.69) is 39.7 Å². The Morgan fingerprint density at radius 3 is 2.60 bits per heavy atom. The maximum atomic E-state index is 12.9. The Balaban J connectivity index is 1.20. The van der Waals surface area contributed by atoms with Crippen LogP contribution >= 0.6 is 0 Å². The number of aromatic nitrogens is 2. The summed E-state index contributed by atoms with van der Waals surface area (Å²) in [7, 11) is 2.11. The van der Waals surface area contributed by atoms with E-state index in [1.54, 1.807) is 30.7 Å². The fourth-order valence-corrected chi connectivity index (χ4v) is 4.28. The molecular weight excluding hydrogens is 438 g/mol. The third-order valence-corrected chi connectivity index (χ3v) is 6.24. The van der Waals surface area contributed by atoms with Crippen LogP contribution in [0.15, 0.2) is 85.5 Å². The Kier molecular flexibility index (Phi) is 6.41. The molecule has 0 radical (unpaired) electrons. The number of anilines is 1. The van der Waals surface area contributed by atoms with Gasteiger partial charge in [0.25, 0.3) is 11.8 Å². The number of carbonyl (C=O) groups excluding carboxylic acids is 2. The van der Waals surface area contributed by atoms with Gasteiger partial charge < -0.3 is 20.1 Å². The number of hydrogen-bond donors (Lipinski definition) is 2. The molecule has 0 spiro atoms. The Bertz CT molecular complexity index is 1350. The molecule has 176 valence electrons. The molecule has 1 aliphatic rings. The second-order valence-corrected chi connectivity index (χ2v) is 8.83. The van der Waals surface area contributed by atoms with E-state index in [9.17, 15) is 9.59 Å². The van der Waals surface area contributed by atoms with Gasteiger partial charge in [-0.2, -0.15) is 0 Å². The topological polar surface area (TPSA) is 79.3 Å². The average molecular weight is 466 g/mol. The fourth-order valence-electron chi connectivity index (χ4n) is 4.28. The van der Waals surface area contributed by atoms with Crippen molar-refractivity contribution in [3.05, 3.63) is 113 Å². The lowest BCUT2D eigenvalue weighted by atomic mass is 9.99. The van der Waals surface area contributed by atoms with Gasteiger partial charge in [0.1, 0.15) is 0 Å². The number of amides is 2. The summed E-state index contributed by atoms with van der Waals surface area (Å²) in [5.74, 6) is -0.339. The Morgan fingerprint density at radius 1 is 0.943 bits per heavy atom. The van der Waals surface area contributed by atoms with Crippen molar-refractivity contribution in [2.24, 2.45) is 0 Å². The van der Waals surface area contributed by atoms with Crippen molar-refractivity contribution in [2.45, 2.75) is 19.5 Å². The molecule has 2 heterocycles. The molecule has 5 rings (SSSR count). The SMILES string of the molecule is CN1CCc2ccc(NC(=O)c3cccc(CNC(=O)c4ccc(-n5ccnc5)cc4)c3)cc2C1. The minimum absolute atomic E-state index is 0.169. The molecule has 1 aliphatic heterocycles. The van der Waals surface area contributed by atoms with Gasteiger partial charge >= 0.3 is 0 Å². The zero-order valence-corrected chi connectivity index (χ0v) is 19.6. The number of nitrogens with one attached hydrogen (secondary N) is 2. The summed E-state index contributed by atoms with van der Waals surface area (Å²) < 4.78 is 1.88. The first-order valence-electron chi connectivity index (χ1n) is 11.6. The van der Waals surface area contributed by atoms with Crippen LogP contribution in [0.5, 0.6) is 0 Å². The molecule has 0 fully saturated rings. The summed E-state index contributed by atoms with van der Waals surface area (Å²) in [6, 6.07) is 20.8. The maximum absolute atomic E-state index is 12.9. The Hall–Kier alpha value is -4.23. The summed E-state index contributed by atoms with van der Waals surface area (Å²) in [4.78, 5) is 31.8. The van der Waals surface area contributed by atoms with Crippen LogP contribution < -0.4 is 10.6 Å². The highest BCUT2D eigenvalue weighted by atomic mass is 16.2. The fraction of sp³-hybridized carbons (Fsp3) is 0.179. The van der Waals surface area contributed by atoms with Gasteiger partial charge in [-0.05, 0) is 78.7 Å². The predicted molar refractivity (Wildman–Crippen MR) is 136 cm³/mol. The first-order valence-corrected chi connectivity index (χ1v) is 11.6. The lowest BCUT2D eigenvalue weighted by Gasteiger charge is -2.25. The molecule has 2 N–H and O–H groups in total. The molecule has 0 unspecified atom stereocenters. The van der Waals surface area contributed by atoms with Gasteiger partial charge in [0.05, 0.1) is 6.33 Å². The van der Waals surface area contributed by atoms with E-state index in [4.69, 9.17) is 0 Å². The standard InChI is InChI=1S/C28H27N5O2/c1-32-13-11-21-5-8-25(16-24(21)18-32)31-28(35)23-4-2-3-20(15-23)17-30-27(34)22-6-9-26(10-7-22)33-14-12-29-19-33/h2-10,12,14-16,19H,11,13,17-18H2,1H3,(H,30,34)(H,31,35). The second-order valence-electron chi connectivity index (χ2n) is 8.83. The third kappa shape index (κ3) is 5.31. The van der Waals surface area contributed by atoms with Crippen molar-refractivity contribution >= 4 is 17.5 Å². The van der Waals surface area contributed by atoms with E-state index in [-0.39, 0.29) is 11.8 Å². The molecule has 0 saturated carbocycles. The van der Waals surface area contributed by atoms with Crippen molar-refractivity contribution in [2.75, 3.05) is 18.9 Å². The summed E-state index contributed by atoms with van der Waals surface area (Å²) in [5, 5.41) is 5.94. The number of fused-ring (bicyclic) bond motifs is 1. The normalized spacial score (nSPS) is 13.2. The molecule has 7 heteroatoms. The molecule has 0 atom stereocenters. The lowest BCUT2D eigenvalue weighted by Crippen LogP contribution is -2.26. The summed E-state index contributed by atoms with van der Waals surface area (Å²) in [5.41, 5.74) is 6.30. The smallest absolute Gasteiger partial charge is 0.255 e. The predicted octanol–water partition coefficient (Wildman–Crippen LogP) is 4.04. The first-order chi connectivity index (χ1) is 17.0. The van der Waals surface area contributed by atoms with E-state index in [0.29, 0.717) is 17.7 Å². The monoisotopic (exact) mass is 465 g/mol. The average Bonchev–Trinajstić information content (AvgIpc) is 3.42. The van der Waals surface area contributed by atoms with Gasteiger partial charge in [-0.3, -0.25) is 9.59 Å². The largest absolute Gasteiger partial charge is 0.348 e. The number of benzene rings is 3. The zero-order chi connectivity index (χ0) is 24.2. The lowest BCUT2D eigenvalue weighted by molar-refractivity contribution is 0.0950. The van der Waals surface area contributed by atoms with Crippen LogP contribution in [0.1, 0.15) is 37.4 Å². The number of likely N-dealkylation sites (N-methyl/N-ethyl adjacent to an activating group) is 1. The first kappa shape index (κ1) is 22.6. The number of rotatable bonds is 6. The van der Waals surface area contributed by atoms with Crippen molar-refractivity contribution in [3.8, 4) is 5.69 Å². The van der Waals surface area contributed by atoms with Gasteiger partial charge in [-0.15, -0.1) is 0 Å². The van der Waals surface area contributed by atoms with E-state index < -0.39 is 0 Å². The second kappa shape index (κ2) is 9.95. The number of hydrogen-bond acceptors (Lipinski definition) is 4. The van der Waals surface area contributed by atoms with Crippen molar-refractivity contribution in [1.29, 1.82) is 0 Å².